The number of rotatable bonds is 14. The number of nitrogens with one attached hydrogen (secondary N) is 1. The number of amides is 4. The predicted molar refractivity (Wildman–Crippen MR) is 233 cm³/mol. The van der Waals surface area contributed by atoms with Crippen molar-refractivity contribution in [2.24, 2.45) is 0 Å². The Hall–Kier alpha value is -5.28. The van der Waals surface area contributed by atoms with Crippen LogP contribution in [0.2, 0.25) is 5.02 Å². The largest absolute Gasteiger partial charge is 0.493 e. The molecule has 0 saturated carbocycles. The smallest absolute Gasteiger partial charge is 0.255 e. The summed E-state index contributed by atoms with van der Waals surface area (Å²) in [6.07, 6.45) is 8.47. The molecule has 4 amide bonds. The number of halogens is 4. The van der Waals surface area contributed by atoms with E-state index in [4.69, 9.17) is 16.3 Å². The number of aromatic nitrogens is 2. The molecule has 1 N–H and O–H groups in total. The van der Waals surface area contributed by atoms with Gasteiger partial charge in [0.2, 0.25) is 17.7 Å². The summed E-state index contributed by atoms with van der Waals surface area (Å²) in [5, 5.41) is 2.74. The maximum Gasteiger partial charge on any atom is 0.255 e. The molecule has 0 radical (unpaired) electrons. The van der Waals surface area contributed by atoms with E-state index in [9.17, 15) is 23.6 Å². The Labute approximate surface area is 370 Å². The lowest BCUT2D eigenvalue weighted by Crippen LogP contribution is -2.54. The van der Waals surface area contributed by atoms with Crippen LogP contribution in [0.4, 0.5) is 19.0 Å². The molecule has 3 aromatic carbocycles. The number of anilines is 1. The van der Waals surface area contributed by atoms with Crippen LogP contribution < -0.4 is 15.0 Å². The van der Waals surface area contributed by atoms with Crippen LogP contribution in [-0.2, 0) is 20.9 Å². The molecular formula is C47H53ClF3N7O5. The Morgan fingerprint density at radius 3 is 2.46 bits per heavy atom. The van der Waals surface area contributed by atoms with Gasteiger partial charge in [-0.25, -0.2) is 23.1 Å². The number of carbonyl (C=O) groups is 4. The molecule has 0 aliphatic carbocycles. The first-order chi connectivity index (χ1) is 30.4. The van der Waals surface area contributed by atoms with Crippen molar-refractivity contribution in [3.8, 4) is 16.9 Å². The Balaban J connectivity index is 0.807. The molecule has 4 aliphatic rings. The second-order valence-corrected chi connectivity index (χ2v) is 17.5. The molecule has 0 spiro atoms. The molecular weight excluding hydrogens is 835 g/mol. The SMILES string of the molecule is CCC(=O)N1CCN(c2ncnc3c(F)c(-c4c(F)cccc4OCCCCCCCN4CCC(c5cc(F)cc6c5CN(C5CCC(=O)NC5=O)C6=O)CC4)c(Cl)cc23)[C@@H](C)C1. The van der Waals surface area contributed by atoms with Crippen LogP contribution in [0.25, 0.3) is 22.0 Å². The number of imide groups is 1. The van der Waals surface area contributed by atoms with Gasteiger partial charge in [-0.1, -0.05) is 43.9 Å². The first kappa shape index (κ1) is 44.3. The molecule has 5 heterocycles. The van der Waals surface area contributed by atoms with Gasteiger partial charge in [-0.2, -0.15) is 0 Å². The predicted octanol–water partition coefficient (Wildman–Crippen LogP) is 7.78. The molecule has 1 unspecified atom stereocenters. The molecule has 334 valence electrons. The monoisotopic (exact) mass is 887 g/mol. The van der Waals surface area contributed by atoms with Crippen LogP contribution in [0, 0.1) is 17.5 Å². The average Bonchev–Trinajstić information content (AvgIpc) is 3.59. The molecule has 0 bridgehead atoms. The van der Waals surface area contributed by atoms with Gasteiger partial charge < -0.3 is 24.3 Å². The lowest BCUT2D eigenvalue weighted by molar-refractivity contribution is -0.137. The molecule has 4 aromatic rings. The minimum absolute atomic E-state index is 0.00927. The summed E-state index contributed by atoms with van der Waals surface area (Å²) in [5.41, 5.74) is 1.79. The standard InChI is InChI=1S/C47H53ClF3N7O5/c1-3-40(60)56-19-20-57(28(2)25-56)45-33-24-35(48)41(43(51)44(33)52-27-53-45)42-36(50)10-9-11-38(42)63-21-8-6-4-5-7-16-55-17-14-29(15-18-55)31-22-30(49)23-32-34(31)26-58(47(32)62)37-12-13-39(59)54-46(37)61/h9-11,22-24,27-29,37H,3-8,12-21,25-26H2,1-2H3,(H,54,59,61)/t28-,37?/m0/s1. The van der Waals surface area contributed by atoms with Gasteiger partial charge in [0.15, 0.2) is 5.82 Å². The van der Waals surface area contributed by atoms with Crippen molar-refractivity contribution in [1.82, 2.24) is 30.0 Å². The molecule has 12 nitrogen and oxygen atoms in total. The zero-order valence-corrected chi connectivity index (χ0v) is 36.5. The van der Waals surface area contributed by atoms with Gasteiger partial charge >= 0.3 is 0 Å². The highest BCUT2D eigenvalue weighted by molar-refractivity contribution is 6.34. The highest BCUT2D eigenvalue weighted by Crippen LogP contribution is 2.43. The average molecular weight is 888 g/mol. The third-order valence-corrected chi connectivity index (χ3v) is 13.4. The Kier molecular flexibility index (Phi) is 13.5. The molecule has 3 fully saturated rings. The van der Waals surface area contributed by atoms with E-state index >= 15 is 8.78 Å². The van der Waals surface area contributed by atoms with Crippen LogP contribution in [0.5, 0.6) is 5.75 Å². The van der Waals surface area contributed by atoms with Gasteiger partial charge in [0.25, 0.3) is 5.91 Å². The first-order valence-electron chi connectivity index (χ1n) is 22.2. The first-order valence-corrected chi connectivity index (χ1v) is 22.6. The minimum Gasteiger partial charge on any atom is -0.493 e. The van der Waals surface area contributed by atoms with E-state index in [0.717, 1.165) is 75.7 Å². The number of nitrogens with zero attached hydrogens (tertiary/aromatic N) is 6. The fraction of sp³-hybridized carbons (Fsp3) is 0.489. The van der Waals surface area contributed by atoms with Crippen LogP contribution in [0.1, 0.15) is 105 Å². The van der Waals surface area contributed by atoms with Crippen LogP contribution in [0.3, 0.4) is 0 Å². The normalized spacial score (nSPS) is 19.8. The molecule has 16 heteroatoms. The molecule has 2 atom stereocenters. The summed E-state index contributed by atoms with van der Waals surface area (Å²) in [6.45, 7) is 8.57. The van der Waals surface area contributed by atoms with E-state index in [0.29, 0.717) is 49.4 Å². The van der Waals surface area contributed by atoms with Gasteiger partial charge in [-0.3, -0.25) is 24.5 Å². The van der Waals surface area contributed by atoms with Crippen molar-refractivity contribution < 1.29 is 37.1 Å². The molecule has 3 saturated heterocycles. The highest BCUT2D eigenvalue weighted by Gasteiger charge is 2.41. The summed E-state index contributed by atoms with van der Waals surface area (Å²) in [5.74, 6) is -2.19. The molecule has 8 rings (SSSR count). The van der Waals surface area contributed by atoms with E-state index in [1.165, 1.54) is 29.4 Å². The van der Waals surface area contributed by atoms with Crippen molar-refractivity contribution in [3.05, 3.63) is 81.9 Å². The van der Waals surface area contributed by atoms with E-state index in [1.54, 1.807) is 18.2 Å². The van der Waals surface area contributed by atoms with Gasteiger partial charge in [0.05, 0.1) is 17.2 Å². The summed E-state index contributed by atoms with van der Waals surface area (Å²) in [4.78, 5) is 66.4. The third kappa shape index (κ3) is 9.22. The molecule has 1 aromatic heterocycles. The second-order valence-electron chi connectivity index (χ2n) is 17.1. The van der Waals surface area contributed by atoms with Gasteiger partial charge in [-0.05, 0) is 106 Å². The number of likely N-dealkylation sites (tertiary alicyclic amines) is 1. The lowest BCUT2D eigenvalue weighted by Gasteiger charge is -2.40. The van der Waals surface area contributed by atoms with Gasteiger partial charge in [-0.15, -0.1) is 0 Å². The number of unbranched alkanes of at least 4 members (excludes halogenated alkanes) is 4. The number of fused-ring (bicyclic) bond motifs is 2. The van der Waals surface area contributed by atoms with Crippen molar-refractivity contribution in [2.75, 3.05) is 50.8 Å². The zero-order chi connectivity index (χ0) is 44.4. The maximum atomic E-state index is 16.5. The van der Waals surface area contributed by atoms with Crippen molar-refractivity contribution in [2.45, 2.75) is 103 Å². The number of piperidine rings is 2. The van der Waals surface area contributed by atoms with E-state index < -0.39 is 29.4 Å². The summed E-state index contributed by atoms with van der Waals surface area (Å²) in [6, 6.07) is 7.97. The van der Waals surface area contributed by atoms with E-state index in [-0.39, 0.29) is 76.5 Å². The quantitative estimate of drug-likeness (QED) is 0.0998. The Morgan fingerprint density at radius 1 is 0.921 bits per heavy atom. The fourth-order valence-corrected chi connectivity index (χ4v) is 10.1. The number of ether oxygens (including phenoxy) is 1. The molecule has 4 aliphatic heterocycles. The van der Waals surface area contributed by atoms with Crippen LogP contribution in [0.15, 0.2) is 42.7 Å². The fourth-order valence-electron chi connectivity index (χ4n) is 9.80. The van der Waals surface area contributed by atoms with Gasteiger partial charge in [0.1, 0.15) is 41.1 Å². The number of piperazine rings is 1. The number of carbonyl (C=O) groups excluding carboxylic acids is 4. The summed E-state index contributed by atoms with van der Waals surface area (Å²) in [7, 11) is 0. The number of hydrogen-bond donors (Lipinski definition) is 1. The van der Waals surface area contributed by atoms with Gasteiger partial charge in [0, 0.05) is 61.6 Å². The molecule has 63 heavy (non-hydrogen) atoms. The van der Waals surface area contributed by atoms with E-state index in [2.05, 4.69) is 20.2 Å². The Bertz CT molecular complexity index is 2410. The minimum atomic E-state index is -0.764. The summed E-state index contributed by atoms with van der Waals surface area (Å²) < 4.78 is 53.0. The number of benzene rings is 3. The van der Waals surface area contributed by atoms with Crippen LogP contribution in [-0.4, -0.2) is 106 Å². The lowest BCUT2D eigenvalue weighted by atomic mass is 9.85. The Morgan fingerprint density at radius 2 is 1.70 bits per heavy atom. The van der Waals surface area contributed by atoms with Crippen molar-refractivity contribution >= 4 is 52.0 Å². The third-order valence-electron chi connectivity index (χ3n) is 13.1. The zero-order valence-electron chi connectivity index (χ0n) is 35.7. The second kappa shape index (κ2) is 19.2. The van der Waals surface area contributed by atoms with Crippen molar-refractivity contribution in [1.29, 1.82) is 0 Å². The topological polar surface area (TPSA) is 128 Å². The van der Waals surface area contributed by atoms with E-state index in [1.807, 2.05) is 23.6 Å². The van der Waals surface area contributed by atoms with Crippen LogP contribution >= 0.6 is 11.6 Å². The highest BCUT2D eigenvalue weighted by atomic mass is 35.5. The number of hydrogen-bond acceptors (Lipinski definition) is 9. The summed E-state index contributed by atoms with van der Waals surface area (Å²) >= 11 is 6.77. The maximum absolute atomic E-state index is 16.5. The van der Waals surface area contributed by atoms with Crippen molar-refractivity contribution in [3.63, 3.8) is 0 Å².